The van der Waals surface area contributed by atoms with E-state index in [9.17, 15) is 0 Å². The lowest BCUT2D eigenvalue weighted by atomic mass is 10.2. The molecule has 0 saturated carbocycles. The maximum Gasteiger partial charge on any atom is 0.119 e. The first-order valence-corrected chi connectivity index (χ1v) is 6.11. The van der Waals surface area contributed by atoms with E-state index in [4.69, 9.17) is 9.47 Å². The van der Waals surface area contributed by atoms with E-state index in [0.717, 1.165) is 24.6 Å². The van der Waals surface area contributed by atoms with Gasteiger partial charge in [-0.15, -0.1) is 0 Å². The summed E-state index contributed by atoms with van der Waals surface area (Å²) in [5.41, 5.74) is 1.11. The first-order chi connectivity index (χ1) is 8.11. The molecular formula is C14H23NO2. The van der Waals surface area contributed by atoms with Crippen molar-refractivity contribution in [1.29, 1.82) is 0 Å². The molecule has 1 rings (SSSR count). The Kier molecular flexibility index (Phi) is 5.84. The molecule has 0 aromatic heterocycles. The first-order valence-electron chi connectivity index (χ1n) is 6.11. The summed E-state index contributed by atoms with van der Waals surface area (Å²) in [5, 5.41) is 3.37. The molecule has 17 heavy (non-hydrogen) atoms. The van der Waals surface area contributed by atoms with Crippen molar-refractivity contribution in [3.05, 3.63) is 24.3 Å². The summed E-state index contributed by atoms with van der Waals surface area (Å²) in [7, 11) is 1.73. The van der Waals surface area contributed by atoms with Gasteiger partial charge in [0, 0.05) is 19.3 Å². The third kappa shape index (κ3) is 5.59. The Balaban J connectivity index is 2.40. The average Bonchev–Trinajstić information content (AvgIpc) is 2.28. The maximum absolute atomic E-state index is 5.59. The van der Waals surface area contributed by atoms with Crippen LogP contribution < -0.4 is 10.1 Å². The van der Waals surface area contributed by atoms with Gasteiger partial charge >= 0.3 is 0 Å². The molecule has 0 aliphatic rings. The number of hydrogen-bond acceptors (Lipinski definition) is 3. The zero-order chi connectivity index (χ0) is 12.7. The zero-order valence-electron chi connectivity index (χ0n) is 11.2. The van der Waals surface area contributed by atoms with Crippen LogP contribution >= 0.6 is 0 Å². The number of anilines is 1. The summed E-state index contributed by atoms with van der Waals surface area (Å²) in [4.78, 5) is 0. The minimum atomic E-state index is 0.218. The van der Waals surface area contributed by atoms with E-state index < -0.39 is 0 Å². The van der Waals surface area contributed by atoms with Crippen LogP contribution in [-0.4, -0.2) is 26.4 Å². The number of hydrogen-bond donors (Lipinski definition) is 1. The summed E-state index contributed by atoms with van der Waals surface area (Å²) in [5.74, 6) is 1.42. The highest BCUT2D eigenvalue weighted by Crippen LogP contribution is 2.17. The van der Waals surface area contributed by atoms with Crippen molar-refractivity contribution in [1.82, 2.24) is 0 Å². The Bertz CT molecular complexity index is 309. The number of ether oxygens (including phenoxy) is 2. The van der Waals surface area contributed by atoms with Crippen molar-refractivity contribution in [2.45, 2.75) is 26.9 Å². The van der Waals surface area contributed by atoms with Crippen molar-refractivity contribution in [2.75, 3.05) is 25.6 Å². The Morgan fingerprint density at radius 2 is 1.76 bits per heavy atom. The van der Waals surface area contributed by atoms with E-state index in [-0.39, 0.29) is 6.10 Å². The van der Waals surface area contributed by atoms with Gasteiger partial charge in [-0.05, 0) is 44.0 Å². The molecule has 0 bridgehead atoms. The second-order valence-electron chi connectivity index (χ2n) is 4.63. The largest absolute Gasteiger partial charge is 0.491 e. The fraction of sp³-hybridized carbons (Fsp3) is 0.571. The minimum absolute atomic E-state index is 0.218. The molecule has 0 amide bonds. The molecule has 0 aliphatic heterocycles. The van der Waals surface area contributed by atoms with Crippen LogP contribution in [0.15, 0.2) is 24.3 Å². The summed E-state index contributed by atoms with van der Waals surface area (Å²) in [6, 6.07) is 8.06. The molecule has 0 radical (unpaired) electrons. The third-order valence-corrected chi connectivity index (χ3v) is 2.33. The highest BCUT2D eigenvalue weighted by molar-refractivity contribution is 5.46. The molecular weight excluding hydrogens is 214 g/mol. The lowest BCUT2D eigenvalue weighted by molar-refractivity contribution is 0.164. The monoisotopic (exact) mass is 237 g/mol. The predicted octanol–water partition coefficient (Wildman–Crippen LogP) is 3.17. The second-order valence-corrected chi connectivity index (χ2v) is 4.63. The van der Waals surface area contributed by atoms with Crippen molar-refractivity contribution < 1.29 is 9.47 Å². The van der Waals surface area contributed by atoms with E-state index in [2.05, 4.69) is 12.2 Å². The number of rotatable bonds is 7. The number of nitrogens with one attached hydrogen (secondary N) is 1. The van der Waals surface area contributed by atoms with Gasteiger partial charge in [0.25, 0.3) is 0 Å². The van der Waals surface area contributed by atoms with Crippen LogP contribution in [0.3, 0.4) is 0 Å². The highest BCUT2D eigenvalue weighted by atomic mass is 16.5. The van der Waals surface area contributed by atoms with Gasteiger partial charge in [0.2, 0.25) is 0 Å². The Hall–Kier alpha value is -1.22. The third-order valence-electron chi connectivity index (χ3n) is 2.33. The van der Waals surface area contributed by atoms with Crippen molar-refractivity contribution in [3.63, 3.8) is 0 Å². The summed E-state index contributed by atoms with van der Waals surface area (Å²) in [6.45, 7) is 7.91. The lowest BCUT2D eigenvalue weighted by Gasteiger charge is -2.13. The summed E-state index contributed by atoms with van der Waals surface area (Å²) < 4.78 is 10.7. The maximum atomic E-state index is 5.59. The van der Waals surface area contributed by atoms with E-state index in [1.54, 1.807) is 7.11 Å². The number of benzene rings is 1. The average molecular weight is 237 g/mol. The van der Waals surface area contributed by atoms with Gasteiger partial charge in [-0.2, -0.15) is 0 Å². The second kappa shape index (κ2) is 7.17. The van der Waals surface area contributed by atoms with Crippen LogP contribution in [-0.2, 0) is 4.74 Å². The fourth-order valence-corrected chi connectivity index (χ4v) is 1.56. The van der Waals surface area contributed by atoms with Crippen LogP contribution in [0.1, 0.15) is 20.8 Å². The smallest absolute Gasteiger partial charge is 0.119 e. The lowest BCUT2D eigenvalue weighted by Crippen LogP contribution is -2.15. The van der Waals surface area contributed by atoms with Crippen molar-refractivity contribution in [3.8, 4) is 5.75 Å². The molecule has 3 heteroatoms. The molecule has 0 saturated heterocycles. The fourth-order valence-electron chi connectivity index (χ4n) is 1.56. The Labute approximate surface area is 104 Å². The molecule has 0 aliphatic carbocycles. The highest BCUT2D eigenvalue weighted by Gasteiger charge is 2.01. The minimum Gasteiger partial charge on any atom is -0.491 e. The van der Waals surface area contributed by atoms with Crippen molar-refractivity contribution >= 4 is 5.69 Å². The molecule has 96 valence electrons. The molecule has 0 spiro atoms. The van der Waals surface area contributed by atoms with Crippen molar-refractivity contribution in [2.24, 2.45) is 5.92 Å². The van der Waals surface area contributed by atoms with E-state index in [1.807, 2.05) is 38.1 Å². The molecule has 1 N–H and O–H groups in total. The van der Waals surface area contributed by atoms with Crippen LogP contribution in [0.5, 0.6) is 5.75 Å². The zero-order valence-corrected chi connectivity index (χ0v) is 11.2. The van der Waals surface area contributed by atoms with Crippen LogP contribution in [0.4, 0.5) is 5.69 Å². The van der Waals surface area contributed by atoms with Gasteiger partial charge in [-0.3, -0.25) is 0 Å². The van der Waals surface area contributed by atoms with Gasteiger partial charge in [0.1, 0.15) is 5.75 Å². The van der Waals surface area contributed by atoms with Gasteiger partial charge < -0.3 is 14.8 Å². The van der Waals surface area contributed by atoms with E-state index >= 15 is 0 Å². The van der Waals surface area contributed by atoms with Gasteiger partial charge in [0.15, 0.2) is 0 Å². The molecule has 1 aromatic rings. The number of methoxy groups -OCH3 is 1. The summed E-state index contributed by atoms with van der Waals surface area (Å²) >= 11 is 0. The van der Waals surface area contributed by atoms with Crippen LogP contribution in [0.25, 0.3) is 0 Å². The van der Waals surface area contributed by atoms with Gasteiger partial charge in [-0.1, -0.05) is 6.92 Å². The Morgan fingerprint density at radius 3 is 2.29 bits per heavy atom. The molecule has 3 nitrogen and oxygen atoms in total. The van der Waals surface area contributed by atoms with Crippen LogP contribution in [0, 0.1) is 5.92 Å². The van der Waals surface area contributed by atoms with E-state index in [1.165, 1.54) is 0 Å². The molecule has 1 atom stereocenters. The molecule has 1 aromatic carbocycles. The Morgan fingerprint density at radius 1 is 1.12 bits per heavy atom. The standard InChI is InChI=1S/C14H23NO2/c1-11(2)17-14-7-5-13(6-8-14)15-9-12(3)10-16-4/h5-8,11-12,15H,9-10H2,1-4H3. The molecule has 0 fully saturated rings. The summed E-state index contributed by atoms with van der Waals surface area (Å²) in [6.07, 6.45) is 0.218. The predicted molar refractivity (Wildman–Crippen MR) is 71.7 cm³/mol. The topological polar surface area (TPSA) is 30.5 Å². The SMILES string of the molecule is COCC(C)CNc1ccc(OC(C)C)cc1. The van der Waals surface area contributed by atoms with Gasteiger partial charge in [0.05, 0.1) is 12.7 Å². The normalized spacial score (nSPS) is 12.5. The molecule has 1 unspecified atom stereocenters. The first kappa shape index (κ1) is 13.8. The quantitative estimate of drug-likeness (QED) is 0.790. The molecule has 0 heterocycles. The van der Waals surface area contributed by atoms with E-state index in [0.29, 0.717) is 5.92 Å². The van der Waals surface area contributed by atoms with Crippen LogP contribution in [0.2, 0.25) is 0 Å². The van der Waals surface area contributed by atoms with Gasteiger partial charge in [-0.25, -0.2) is 0 Å².